The van der Waals surface area contributed by atoms with Crippen LogP contribution in [0.4, 0.5) is 0 Å². The molecule has 21 heavy (non-hydrogen) atoms. The van der Waals surface area contributed by atoms with E-state index in [1.807, 2.05) is 24.3 Å². The van der Waals surface area contributed by atoms with Crippen molar-refractivity contribution >= 4 is 0 Å². The molecule has 2 N–H and O–H groups in total. The SMILES string of the molecule is CC(CC1COCCN1)NCC1COc2ccccc2O1. The van der Waals surface area contributed by atoms with Crippen LogP contribution in [0.15, 0.2) is 24.3 Å². The summed E-state index contributed by atoms with van der Waals surface area (Å²) in [7, 11) is 0. The Morgan fingerprint density at radius 3 is 2.95 bits per heavy atom. The van der Waals surface area contributed by atoms with E-state index < -0.39 is 0 Å². The minimum absolute atomic E-state index is 0.0675. The highest BCUT2D eigenvalue weighted by Crippen LogP contribution is 2.30. The van der Waals surface area contributed by atoms with Gasteiger partial charge in [0.25, 0.3) is 0 Å². The third-order valence-corrected chi connectivity index (χ3v) is 3.90. The number of hydrogen-bond donors (Lipinski definition) is 2. The maximum absolute atomic E-state index is 5.94. The van der Waals surface area contributed by atoms with Crippen molar-refractivity contribution in [3.8, 4) is 11.5 Å². The van der Waals surface area contributed by atoms with E-state index in [-0.39, 0.29) is 6.10 Å². The zero-order valence-electron chi connectivity index (χ0n) is 12.5. The molecule has 0 aromatic heterocycles. The fourth-order valence-electron chi connectivity index (χ4n) is 2.78. The van der Waals surface area contributed by atoms with Gasteiger partial charge in [-0.25, -0.2) is 0 Å². The molecule has 3 rings (SSSR count). The third kappa shape index (κ3) is 4.09. The lowest BCUT2D eigenvalue weighted by atomic mass is 10.1. The quantitative estimate of drug-likeness (QED) is 0.853. The van der Waals surface area contributed by atoms with Gasteiger partial charge in [-0.3, -0.25) is 0 Å². The summed E-state index contributed by atoms with van der Waals surface area (Å²) in [5.74, 6) is 1.68. The Balaban J connectivity index is 1.41. The molecular weight excluding hydrogens is 268 g/mol. The predicted octanol–water partition coefficient (Wildman–Crippen LogP) is 1.18. The molecule has 0 saturated carbocycles. The van der Waals surface area contributed by atoms with Gasteiger partial charge in [0.05, 0.1) is 13.2 Å². The molecule has 0 radical (unpaired) electrons. The Morgan fingerprint density at radius 1 is 1.29 bits per heavy atom. The number of benzene rings is 1. The lowest BCUT2D eigenvalue weighted by Gasteiger charge is -2.29. The van der Waals surface area contributed by atoms with Gasteiger partial charge in [0.1, 0.15) is 12.7 Å². The summed E-state index contributed by atoms with van der Waals surface area (Å²) in [5.41, 5.74) is 0. The summed E-state index contributed by atoms with van der Waals surface area (Å²) in [6.07, 6.45) is 1.13. The Labute approximate surface area is 126 Å². The van der Waals surface area contributed by atoms with E-state index >= 15 is 0 Å². The molecule has 3 atom stereocenters. The first-order valence-corrected chi connectivity index (χ1v) is 7.74. The molecule has 1 aromatic carbocycles. The van der Waals surface area contributed by atoms with E-state index in [2.05, 4.69) is 17.6 Å². The molecule has 2 heterocycles. The van der Waals surface area contributed by atoms with Gasteiger partial charge >= 0.3 is 0 Å². The van der Waals surface area contributed by atoms with E-state index in [1.165, 1.54) is 0 Å². The molecule has 5 heteroatoms. The highest BCUT2D eigenvalue weighted by Gasteiger charge is 2.22. The van der Waals surface area contributed by atoms with Crippen molar-refractivity contribution in [1.29, 1.82) is 0 Å². The van der Waals surface area contributed by atoms with Crippen LogP contribution in [0.1, 0.15) is 13.3 Å². The van der Waals surface area contributed by atoms with Gasteiger partial charge in [-0.1, -0.05) is 12.1 Å². The number of rotatable bonds is 5. The fraction of sp³-hybridized carbons (Fsp3) is 0.625. The zero-order chi connectivity index (χ0) is 14.5. The monoisotopic (exact) mass is 292 g/mol. The van der Waals surface area contributed by atoms with E-state index in [4.69, 9.17) is 14.2 Å². The second-order valence-electron chi connectivity index (χ2n) is 5.77. The molecule has 1 saturated heterocycles. The highest BCUT2D eigenvalue weighted by molar-refractivity contribution is 5.40. The van der Waals surface area contributed by atoms with E-state index in [0.29, 0.717) is 18.7 Å². The van der Waals surface area contributed by atoms with Crippen LogP contribution in [0.5, 0.6) is 11.5 Å². The minimum atomic E-state index is 0.0675. The molecule has 1 aromatic rings. The van der Waals surface area contributed by atoms with E-state index in [0.717, 1.165) is 44.2 Å². The molecule has 0 bridgehead atoms. The van der Waals surface area contributed by atoms with Crippen molar-refractivity contribution in [3.63, 3.8) is 0 Å². The van der Waals surface area contributed by atoms with Crippen molar-refractivity contribution in [1.82, 2.24) is 10.6 Å². The Kier molecular flexibility index (Phi) is 4.95. The second kappa shape index (κ2) is 7.11. The lowest BCUT2D eigenvalue weighted by Crippen LogP contribution is -2.47. The van der Waals surface area contributed by atoms with Crippen LogP contribution in [0.25, 0.3) is 0 Å². The lowest BCUT2D eigenvalue weighted by molar-refractivity contribution is 0.0678. The molecule has 5 nitrogen and oxygen atoms in total. The fourth-order valence-corrected chi connectivity index (χ4v) is 2.78. The molecule has 0 spiro atoms. The molecule has 0 aliphatic carbocycles. The van der Waals surface area contributed by atoms with Gasteiger partial charge in [-0.2, -0.15) is 0 Å². The smallest absolute Gasteiger partial charge is 0.161 e. The van der Waals surface area contributed by atoms with Crippen molar-refractivity contribution in [3.05, 3.63) is 24.3 Å². The molecule has 1 fully saturated rings. The Morgan fingerprint density at radius 2 is 2.14 bits per heavy atom. The first-order valence-electron chi connectivity index (χ1n) is 7.74. The van der Waals surface area contributed by atoms with Gasteiger partial charge in [-0.05, 0) is 25.5 Å². The van der Waals surface area contributed by atoms with Crippen LogP contribution in [0, 0.1) is 0 Å². The van der Waals surface area contributed by atoms with Gasteiger partial charge in [-0.15, -0.1) is 0 Å². The molecule has 2 aliphatic rings. The topological polar surface area (TPSA) is 51.8 Å². The summed E-state index contributed by atoms with van der Waals surface area (Å²) >= 11 is 0. The average molecular weight is 292 g/mol. The van der Waals surface area contributed by atoms with Gasteiger partial charge in [0.2, 0.25) is 0 Å². The van der Waals surface area contributed by atoms with Gasteiger partial charge in [0, 0.05) is 25.2 Å². The summed E-state index contributed by atoms with van der Waals surface area (Å²) in [6, 6.07) is 8.69. The van der Waals surface area contributed by atoms with Crippen molar-refractivity contribution in [2.75, 3.05) is 32.9 Å². The van der Waals surface area contributed by atoms with Crippen LogP contribution >= 0.6 is 0 Å². The number of para-hydroxylation sites is 2. The maximum atomic E-state index is 5.94. The highest BCUT2D eigenvalue weighted by atomic mass is 16.6. The van der Waals surface area contributed by atoms with Crippen LogP contribution < -0.4 is 20.1 Å². The normalized spacial score (nSPS) is 26.3. The summed E-state index contributed by atoms with van der Waals surface area (Å²) in [4.78, 5) is 0. The standard InChI is InChI=1S/C16H24N2O3/c1-12(8-13-10-19-7-6-17-13)18-9-14-11-20-15-4-2-3-5-16(15)21-14/h2-5,12-14,17-18H,6-11H2,1H3. The first kappa shape index (κ1) is 14.6. The Hall–Kier alpha value is -1.30. The van der Waals surface area contributed by atoms with E-state index in [1.54, 1.807) is 0 Å². The summed E-state index contributed by atoms with van der Waals surface area (Å²) in [5, 5.41) is 7.01. The van der Waals surface area contributed by atoms with Crippen molar-refractivity contribution in [2.24, 2.45) is 0 Å². The summed E-state index contributed by atoms with van der Waals surface area (Å²) in [6.45, 7) is 6.18. The van der Waals surface area contributed by atoms with Gasteiger partial charge in [0.15, 0.2) is 11.5 Å². The molecule has 3 unspecified atom stereocenters. The molecular formula is C16H24N2O3. The number of hydrogen-bond acceptors (Lipinski definition) is 5. The molecule has 0 amide bonds. The Bertz CT molecular complexity index is 449. The van der Waals surface area contributed by atoms with Crippen LogP contribution in [-0.4, -0.2) is 51.1 Å². The van der Waals surface area contributed by atoms with Crippen LogP contribution in [0.2, 0.25) is 0 Å². The predicted molar refractivity (Wildman–Crippen MR) is 81.0 cm³/mol. The van der Waals surface area contributed by atoms with E-state index in [9.17, 15) is 0 Å². The maximum Gasteiger partial charge on any atom is 0.161 e. The van der Waals surface area contributed by atoms with Crippen molar-refractivity contribution < 1.29 is 14.2 Å². The number of morpholine rings is 1. The average Bonchev–Trinajstić information content (AvgIpc) is 2.54. The zero-order valence-corrected chi connectivity index (χ0v) is 12.5. The van der Waals surface area contributed by atoms with Crippen LogP contribution in [-0.2, 0) is 4.74 Å². The minimum Gasteiger partial charge on any atom is -0.486 e. The number of fused-ring (bicyclic) bond motifs is 1. The second-order valence-corrected chi connectivity index (χ2v) is 5.77. The first-order chi connectivity index (χ1) is 10.3. The summed E-state index contributed by atoms with van der Waals surface area (Å²) < 4.78 is 17.1. The third-order valence-electron chi connectivity index (χ3n) is 3.90. The largest absolute Gasteiger partial charge is 0.486 e. The van der Waals surface area contributed by atoms with Crippen LogP contribution in [0.3, 0.4) is 0 Å². The molecule has 2 aliphatic heterocycles. The number of nitrogens with one attached hydrogen (secondary N) is 2. The molecule has 116 valence electrons. The number of ether oxygens (including phenoxy) is 3. The van der Waals surface area contributed by atoms with Gasteiger partial charge < -0.3 is 24.8 Å². The van der Waals surface area contributed by atoms with Crippen molar-refractivity contribution in [2.45, 2.75) is 31.5 Å².